The Morgan fingerprint density at radius 3 is 1.93 bits per heavy atom. The quantitative estimate of drug-likeness (QED) is 0.587. The molecule has 6 nitrogen and oxygen atoms in total. The molecular weight excluding hydrogens is 403 g/mol. The molecule has 0 bridgehead atoms. The second-order valence-electron chi connectivity index (χ2n) is 9.93. The molecule has 2 heterocycles. The van der Waals surface area contributed by atoms with Gasteiger partial charge in [0, 0.05) is 12.6 Å². The van der Waals surface area contributed by atoms with E-state index in [2.05, 4.69) is 55.4 Å². The minimum absolute atomic E-state index is 0.0208. The Hall–Kier alpha value is 0.259. The first-order chi connectivity index (χ1) is 13.4. The van der Waals surface area contributed by atoms with Crippen LogP contribution in [-0.4, -0.2) is 72.2 Å². The van der Waals surface area contributed by atoms with Crippen LogP contribution in [0.1, 0.15) is 68.2 Å². The fraction of sp³-hybridized carbons (Fsp3) is 1.00. The van der Waals surface area contributed by atoms with Crippen molar-refractivity contribution in [2.75, 3.05) is 13.2 Å². The fourth-order valence-corrected chi connectivity index (χ4v) is 16.2. The zero-order valence-electron chi connectivity index (χ0n) is 19.5. The largest absolute Gasteiger partial charge is 0.414 e. The number of hydrogen-bond acceptors (Lipinski definition) is 6. The van der Waals surface area contributed by atoms with E-state index in [1.165, 1.54) is 0 Å². The molecule has 0 amide bonds. The van der Waals surface area contributed by atoms with E-state index in [1.807, 2.05) is 0 Å². The molecule has 0 saturated carbocycles. The van der Waals surface area contributed by atoms with Crippen LogP contribution in [0.3, 0.4) is 0 Å². The summed E-state index contributed by atoms with van der Waals surface area (Å²) in [5.41, 5.74) is -0.564. The van der Waals surface area contributed by atoms with E-state index in [4.69, 9.17) is 25.6 Å². The van der Waals surface area contributed by atoms with Gasteiger partial charge in [-0.05, 0) is 35.0 Å². The van der Waals surface area contributed by atoms with Crippen molar-refractivity contribution in [3.05, 3.63) is 0 Å². The van der Waals surface area contributed by atoms with Gasteiger partial charge in [-0.15, -0.1) is 0 Å². The number of hydrogen-bond donors (Lipinski definition) is 2. The fourth-order valence-electron chi connectivity index (χ4n) is 4.94. The van der Waals surface area contributed by atoms with Gasteiger partial charge in [-0.1, -0.05) is 55.4 Å². The van der Waals surface area contributed by atoms with E-state index in [1.54, 1.807) is 0 Å². The van der Waals surface area contributed by atoms with E-state index in [9.17, 15) is 10.2 Å². The highest BCUT2D eigenvalue weighted by Gasteiger charge is 2.64. The summed E-state index contributed by atoms with van der Waals surface area (Å²) < 4.78 is 26.7. The molecule has 2 unspecified atom stereocenters. The van der Waals surface area contributed by atoms with E-state index in [-0.39, 0.29) is 28.8 Å². The normalized spacial score (nSPS) is 34.6. The molecule has 2 radical (unpaired) electrons. The van der Waals surface area contributed by atoms with Gasteiger partial charge in [-0.2, -0.15) is 0 Å². The van der Waals surface area contributed by atoms with Crippen LogP contribution in [0.5, 0.6) is 0 Å². The Bertz CT molecular complexity index is 531. The summed E-state index contributed by atoms with van der Waals surface area (Å²) in [5, 5.41) is 20.8. The van der Waals surface area contributed by atoms with E-state index >= 15 is 0 Å². The number of rotatable bonds is 7. The average molecular weight is 445 g/mol. The molecule has 29 heavy (non-hydrogen) atoms. The molecular formula is C20H41BO6Si2. The molecule has 168 valence electrons. The number of aliphatic hydroxyl groups is 2. The van der Waals surface area contributed by atoms with E-state index in [0.29, 0.717) is 19.4 Å². The minimum atomic E-state index is -2.85. The first-order valence-corrected chi connectivity index (χ1v) is 15.1. The third kappa shape index (κ3) is 4.44. The zero-order valence-corrected chi connectivity index (χ0v) is 21.5. The second-order valence-corrected chi connectivity index (χ2v) is 18.8. The smallest absolute Gasteiger partial charge is 0.335 e. The van der Waals surface area contributed by atoms with Crippen LogP contribution in [0.25, 0.3) is 0 Å². The van der Waals surface area contributed by atoms with Crippen LogP contribution in [-0.2, 0) is 17.7 Å². The van der Waals surface area contributed by atoms with Crippen molar-refractivity contribution in [2.24, 2.45) is 0 Å². The van der Waals surface area contributed by atoms with Crippen molar-refractivity contribution in [3.8, 4) is 0 Å². The van der Waals surface area contributed by atoms with Crippen molar-refractivity contribution in [3.63, 3.8) is 0 Å². The molecule has 2 saturated heterocycles. The molecule has 0 aromatic heterocycles. The molecule has 2 aliphatic rings. The highest BCUT2D eigenvalue weighted by molar-refractivity contribution is 6.84. The Balaban J connectivity index is 2.57. The first kappa shape index (κ1) is 25.5. The Morgan fingerprint density at radius 2 is 1.48 bits per heavy atom. The lowest BCUT2D eigenvalue weighted by molar-refractivity contribution is -0.0756. The number of aliphatic hydroxyl groups excluding tert-OH is 1. The lowest BCUT2D eigenvalue weighted by Gasteiger charge is -2.52. The van der Waals surface area contributed by atoms with Gasteiger partial charge in [0.1, 0.15) is 25.7 Å². The molecule has 0 aromatic rings. The van der Waals surface area contributed by atoms with E-state index in [0.717, 1.165) is 0 Å². The summed E-state index contributed by atoms with van der Waals surface area (Å²) in [6.07, 6.45) is -0.349. The van der Waals surface area contributed by atoms with Gasteiger partial charge in [0.25, 0.3) is 0 Å². The van der Waals surface area contributed by atoms with Gasteiger partial charge >= 0.3 is 17.1 Å². The Kier molecular flexibility index (Phi) is 8.27. The Morgan fingerprint density at radius 1 is 0.966 bits per heavy atom. The van der Waals surface area contributed by atoms with Gasteiger partial charge < -0.3 is 27.9 Å². The standard InChI is InChI=1S/C20H41BO6Si2/c1-13(2)28(14(3)4)24-12-17-18(20(23,10-9-11-22)19(21)25-17)26-29(27-28,15(5)6)16(7)8/h13-19,22-23H,9-12H2,1-8H3/t17?,18-,19?,20+/m1/s1. The molecule has 2 rings (SSSR count). The molecule has 0 aromatic carbocycles. The molecule has 0 spiro atoms. The van der Waals surface area contributed by atoms with Crippen LogP contribution in [0.2, 0.25) is 22.2 Å². The lowest BCUT2D eigenvalue weighted by Crippen LogP contribution is -2.67. The van der Waals surface area contributed by atoms with Crippen molar-refractivity contribution in [1.82, 2.24) is 0 Å². The van der Waals surface area contributed by atoms with Crippen LogP contribution in [0.4, 0.5) is 0 Å². The van der Waals surface area contributed by atoms with E-state index < -0.39 is 40.9 Å². The topological polar surface area (TPSA) is 77.4 Å². The Labute approximate surface area is 180 Å². The molecule has 2 aliphatic heterocycles. The molecule has 2 fully saturated rings. The maximum absolute atomic E-state index is 11.5. The molecule has 2 N–H and O–H groups in total. The predicted molar refractivity (Wildman–Crippen MR) is 119 cm³/mol. The highest BCUT2D eigenvalue weighted by Crippen LogP contribution is 2.49. The summed E-state index contributed by atoms with van der Waals surface area (Å²) in [6.45, 7) is 17.5. The summed E-state index contributed by atoms with van der Waals surface area (Å²) >= 11 is 0. The highest BCUT2D eigenvalue weighted by atomic mass is 28.5. The molecule has 0 aliphatic carbocycles. The maximum atomic E-state index is 11.5. The molecule has 9 heteroatoms. The van der Waals surface area contributed by atoms with Crippen LogP contribution >= 0.6 is 0 Å². The van der Waals surface area contributed by atoms with Crippen molar-refractivity contribution in [1.29, 1.82) is 0 Å². The van der Waals surface area contributed by atoms with Gasteiger partial charge in [0.15, 0.2) is 0 Å². The van der Waals surface area contributed by atoms with Gasteiger partial charge in [-0.3, -0.25) is 0 Å². The summed E-state index contributed by atoms with van der Waals surface area (Å²) in [6, 6.07) is -0.883. The molecule has 4 atom stereocenters. The zero-order chi connectivity index (χ0) is 22.2. The third-order valence-corrected chi connectivity index (χ3v) is 16.9. The average Bonchev–Trinajstić information content (AvgIpc) is 2.83. The summed E-state index contributed by atoms with van der Waals surface area (Å²) in [5.74, 6) is 0. The monoisotopic (exact) mass is 444 g/mol. The summed E-state index contributed by atoms with van der Waals surface area (Å²) in [4.78, 5) is 0. The van der Waals surface area contributed by atoms with Gasteiger partial charge in [0.2, 0.25) is 0 Å². The van der Waals surface area contributed by atoms with Crippen LogP contribution < -0.4 is 0 Å². The number of ether oxygens (including phenoxy) is 1. The van der Waals surface area contributed by atoms with Gasteiger partial charge in [-0.25, -0.2) is 0 Å². The van der Waals surface area contributed by atoms with Crippen molar-refractivity contribution < 1.29 is 27.9 Å². The van der Waals surface area contributed by atoms with Gasteiger partial charge in [0.05, 0.1) is 6.61 Å². The minimum Gasteiger partial charge on any atom is -0.414 e. The SMILES string of the molecule is [B]C1OC2CO[Si](C(C)C)(C(C)C)O[Si](C(C)C)(C(C)C)O[C@H]2[C@@]1(O)CCCO. The second kappa shape index (κ2) is 9.40. The lowest BCUT2D eigenvalue weighted by atomic mass is 9.77. The number of fused-ring (bicyclic) bond motifs is 1. The van der Waals surface area contributed by atoms with Crippen molar-refractivity contribution in [2.45, 2.75) is 114 Å². The third-order valence-electron chi connectivity index (χ3n) is 6.70. The predicted octanol–water partition coefficient (Wildman–Crippen LogP) is 3.34. The van der Waals surface area contributed by atoms with Crippen LogP contribution in [0, 0.1) is 0 Å². The maximum Gasteiger partial charge on any atom is 0.335 e. The summed E-state index contributed by atoms with van der Waals surface area (Å²) in [7, 11) is 0.754. The first-order valence-electron chi connectivity index (χ1n) is 11.1. The van der Waals surface area contributed by atoms with Crippen LogP contribution in [0.15, 0.2) is 0 Å². The van der Waals surface area contributed by atoms with Crippen molar-refractivity contribution >= 4 is 25.0 Å².